The summed E-state index contributed by atoms with van der Waals surface area (Å²) >= 11 is 0. The van der Waals surface area contributed by atoms with Crippen molar-refractivity contribution in [3.8, 4) is 5.75 Å². The maximum atomic E-state index is 11.6. The quantitative estimate of drug-likeness (QED) is 0.891. The number of carbonyl (C=O) groups is 1. The molecule has 1 N–H and O–H groups in total. The van der Waals surface area contributed by atoms with Gasteiger partial charge in [0.2, 0.25) is 5.60 Å². The van der Waals surface area contributed by atoms with Crippen LogP contribution in [-0.2, 0) is 4.79 Å². The van der Waals surface area contributed by atoms with Gasteiger partial charge in [-0.05, 0) is 43.4 Å². The number of aliphatic carboxylic acids is 1. The Balaban J connectivity index is 2.23. The topological polar surface area (TPSA) is 46.5 Å². The van der Waals surface area contributed by atoms with Crippen molar-refractivity contribution < 1.29 is 14.6 Å². The van der Waals surface area contributed by atoms with E-state index >= 15 is 0 Å². The summed E-state index contributed by atoms with van der Waals surface area (Å²) < 4.78 is 5.86. The molecule has 2 unspecified atom stereocenters. The Kier molecular flexibility index (Phi) is 3.60. The van der Waals surface area contributed by atoms with Gasteiger partial charge in [0, 0.05) is 6.42 Å². The van der Waals surface area contributed by atoms with E-state index < -0.39 is 11.6 Å². The maximum Gasteiger partial charge on any atom is 0.348 e. The summed E-state index contributed by atoms with van der Waals surface area (Å²) in [6.45, 7) is 4.07. The summed E-state index contributed by atoms with van der Waals surface area (Å²) in [5.74, 6) is 0.224. The molecule has 1 aromatic carbocycles. The van der Waals surface area contributed by atoms with Crippen LogP contribution in [0.4, 0.5) is 0 Å². The third kappa shape index (κ3) is 2.66. The first-order valence-electron chi connectivity index (χ1n) is 6.51. The van der Waals surface area contributed by atoms with Crippen LogP contribution in [0, 0.1) is 12.8 Å². The molecule has 1 aliphatic carbocycles. The molecular formula is C15H20O3. The van der Waals surface area contributed by atoms with E-state index in [1.165, 1.54) is 0 Å². The van der Waals surface area contributed by atoms with Gasteiger partial charge < -0.3 is 9.84 Å². The van der Waals surface area contributed by atoms with Crippen LogP contribution in [0.25, 0.3) is 0 Å². The van der Waals surface area contributed by atoms with Gasteiger partial charge in [0.05, 0.1) is 0 Å². The Labute approximate surface area is 108 Å². The van der Waals surface area contributed by atoms with Crippen molar-refractivity contribution in [2.45, 2.75) is 45.1 Å². The molecular weight excluding hydrogens is 228 g/mol. The van der Waals surface area contributed by atoms with E-state index in [0.29, 0.717) is 24.5 Å². The number of carboxylic acid groups (broad SMARTS) is 1. The van der Waals surface area contributed by atoms with Crippen molar-refractivity contribution >= 4 is 5.97 Å². The Bertz CT molecular complexity index is 441. The van der Waals surface area contributed by atoms with E-state index in [2.05, 4.69) is 6.92 Å². The van der Waals surface area contributed by atoms with E-state index in [4.69, 9.17) is 4.74 Å². The van der Waals surface area contributed by atoms with Gasteiger partial charge >= 0.3 is 5.97 Å². The number of aryl methyl sites for hydroxylation is 1. The SMILES string of the molecule is Cc1cccc(OC2(C(=O)O)CCCC(C)C2)c1. The third-order valence-electron chi connectivity index (χ3n) is 3.65. The average Bonchev–Trinajstić information content (AvgIpc) is 2.28. The minimum atomic E-state index is -1.04. The zero-order valence-corrected chi connectivity index (χ0v) is 11.0. The van der Waals surface area contributed by atoms with Gasteiger partial charge in [0.1, 0.15) is 5.75 Å². The first-order valence-corrected chi connectivity index (χ1v) is 6.51. The van der Waals surface area contributed by atoms with Crippen LogP contribution in [0.1, 0.15) is 38.2 Å². The fraction of sp³-hybridized carbons (Fsp3) is 0.533. The summed E-state index contributed by atoms with van der Waals surface area (Å²) in [4.78, 5) is 11.6. The van der Waals surface area contributed by atoms with Gasteiger partial charge in [-0.25, -0.2) is 4.79 Å². The molecule has 0 saturated heterocycles. The summed E-state index contributed by atoms with van der Waals surface area (Å²) in [5, 5.41) is 9.51. The zero-order chi connectivity index (χ0) is 13.2. The van der Waals surface area contributed by atoms with Gasteiger partial charge in [-0.1, -0.05) is 25.5 Å². The number of ether oxygens (including phenoxy) is 1. The van der Waals surface area contributed by atoms with Crippen molar-refractivity contribution in [2.75, 3.05) is 0 Å². The van der Waals surface area contributed by atoms with Gasteiger partial charge in [-0.3, -0.25) is 0 Å². The second-order valence-electron chi connectivity index (χ2n) is 5.42. The lowest BCUT2D eigenvalue weighted by molar-refractivity contribution is -0.159. The predicted octanol–water partition coefficient (Wildman–Crippen LogP) is 3.41. The molecule has 1 aromatic rings. The Morgan fingerprint density at radius 2 is 2.28 bits per heavy atom. The molecule has 3 heteroatoms. The summed E-state index contributed by atoms with van der Waals surface area (Å²) in [7, 11) is 0. The van der Waals surface area contributed by atoms with Crippen LogP contribution in [0.3, 0.4) is 0 Å². The van der Waals surface area contributed by atoms with Crippen molar-refractivity contribution in [2.24, 2.45) is 5.92 Å². The highest BCUT2D eigenvalue weighted by molar-refractivity contribution is 5.78. The highest BCUT2D eigenvalue weighted by Crippen LogP contribution is 2.36. The number of benzene rings is 1. The fourth-order valence-corrected chi connectivity index (χ4v) is 2.74. The second-order valence-corrected chi connectivity index (χ2v) is 5.42. The van der Waals surface area contributed by atoms with E-state index in [9.17, 15) is 9.90 Å². The molecule has 1 fully saturated rings. The summed E-state index contributed by atoms with van der Waals surface area (Å²) in [5.41, 5.74) is 0.0442. The molecule has 18 heavy (non-hydrogen) atoms. The van der Waals surface area contributed by atoms with E-state index in [1.54, 1.807) is 0 Å². The third-order valence-corrected chi connectivity index (χ3v) is 3.65. The largest absolute Gasteiger partial charge is 0.478 e. The molecule has 0 amide bonds. The molecule has 98 valence electrons. The number of hydrogen-bond donors (Lipinski definition) is 1. The number of hydrogen-bond acceptors (Lipinski definition) is 2. The molecule has 0 bridgehead atoms. The lowest BCUT2D eigenvalue weighted by Crippen LogP contribution is -2.48. The normalized spacial score (nSPS) is 27.8. The maximum absolute atomic E-state index is 11.6. The first kappa shape index (κ1) is 12.9. The lowest BCUT2D eigenvalue weighted by Gasteiger charge is -2.36. The molecule has 0 radical (unpaired) electrons. The van der Waals surface area contributed by atoms with Crippen LogP contribution in [0.2, 0.25) is 0 Å². The highest BCUT2D eigenvalue weighted by atomic mass is 16.5. The van der Waals surface area contributed by atoms with E-state index in [1.807, 2.05) is 31.2 Å². The van der Waals surface area contributed by atoms with Crippen molar-refractivity contribution in [1.29, 1.82) is 0 Å². The van der Waals surface area contributed by atoms with Crippen molar-refractivity contribution in [3.05, 3.63) is 29.8 Å². The molecule has 2 atom stereocenters. The highest BCUT2D eigenvalue weighted by Gasteiger charge is 2.44. The average molecular weight is 248 g/mol. The smallest absolute Gasteiger partial charge is 0.348 e. The Morgan fingerprint density at radius 1 is 1.50 bits per heavy atom. The lowest BCUT2D eigenvalue weighted by atomic mass is 9.78. The van der Waals surface area contributed by atoms with Crippen LogP contribution >= 0.6 is 0 Å². The molecule has 1 saturated carbocycles. The summed E-state index contributed by atoms with van der Waals surface area (Å²) in [6, 6.07) is 7.59. The van der Waals surface area contributed by atoms with Crippen molar-refractivity contribution in [3.63, 3.8) is 0 Å². The first-order chi connectivity index (χ1) is 8.52. The van der Waals surface area contributed by atoms with Crippen LogP contribution in [0.5, 0.6) is 5.75 Å². The molecule has 1 aliphatic rings. The Morgan fingerprint density at radius 3 is 2.89 bits per heavy atom. The standard InChI is InChI=1S/C15H20O3/c1-11-5-3-7-13(9-11)18-15(14(16)17)8-4-6-12(2)10-15/h3,5,7,9,12H,4,6,8,10H2,1-2H3,(H,16,17). The van der Waals surface area contributed by atoms with Crippen molar-refractivity contribution in [1.82, 2.24) is 0 Å². The molecule has 0 aromatic heterocycles. The van der Waals surface area contributed by atoms with Gasteiger partial charge in [-0.15, -0.1) is 0 Å². The number of carboxylic acids is 1. The van der Waals surface area contributed by atoms with Gasteiger partial charge in [-0.2, -0.15) is 0 Å². The molecule has 3 nitrogen and oxygen atoms in total. The van der Waals surface area contributed by atoms with Crippen LogP contribution in [0.15, 0.2) is 24.3 Å². The number of rotatable bonds is 3. The molecule has 0 heterocycles. The molecule has 0 spiro atoms. The summed E-state index contributed by atoms with van der Waals surface area (Å²) in [6.07, 6.45) is 3.20. The second kappa shape index (κ2) is 5.01. The molecule has 0 aliphatic heterocycles. The fourth-order valence-electron chi connectivity index (χ4n) is 2.74. The van der Waals surface area contributed by atoms with E-state index in [0.717, 1.165) is 18.4 Å². The zero-order valence-electron chi connectivity index (χ0n) is 11.0. The monoisotopic (exact) mass is 248 g/mol. The predicted molar refractivity (Wildman–Crippen MR) is 69.8 cm³/mol. The minimum Gasteiger partial charge on any atom is -0.478 e. The van der Waals surface area contributed by atoms with Gasteiger partial charge in [0.15, 0.2) is 0 Å². The van der Waals surface area contributed by atoms with Gasteiger partial charge in [0.25, 0.3) is 0 Å². The van der Waals surface area contributed by atoms with E-state index in [-0.39, 0.29) is 0 Å². The molecule has 2 rings (SSSR count). The van der Waals surface area contributed by atoms with Crippen LogP contribution in [-0.4, -0.2) is 16.7 Å². The van der Waals surface area contributed by atoms with Crippen LogP contribution < -0.4 is 4.74 Å². The Hall–Kier alpha value is -1.51. The minimum absolute atomic E-state index is 0.402.